The van der Waals surface area contributed by atoms with Gasteiger partial charge in [-0.15, -0.1) is 11.3 Å². The van der Waals surface area contributed by atoms with E-state index < -0.39 is 0 Å². The Bertz CT molecular complexity index is 297. The van der Waals surface area contributed by atoms with Gasteiger partial charge in [-0.3, -0.25) is 0 Å². The number of methoxy groups -OCH3 is 1. The molecule has 3 nitrogen and oxygen atoms in total. The van der Waals surface area contributed by atoms with Gasteiger partial charge in [-0.05, 0) is 11.6 Å². The van der Waals surface area contributed by atoms with Gasteiger partial charge in [0.25, 0.3) is 0 Å². The predicted octanol–water partition coefficient (Wildman–Crippen LogP) is 1.14. The van der Waals surface area contributed by atoms with Crippen molar-refractivity contribution >= 4 is 17.3 Å². The van der Waals surface area contributed by atoms with Crippen LogP contribution in [0.3, 0.4) is 0 Å². The summed E-state index contributed by atoms with van der Waals surface area (Å²) < 4.78 is 4.62. The van der Waals surface area contributed by atoms with Crippen LogP contribution in [0.4, 0.5) is 0 Å². The molecule has 0 radical (unpaired) electrons. The lowest BCUT2D eigenvalue weighted by atomic mass is 10.3. The number of esters is 1. The van der Waals surface area contributed by atoms with E-state index in [1.807, 2.05) is 6.07 Å². The molecule has 0 spiro atoms. The van der Waals surface area contributed by atoms with Gasteiger partial charge in [0.15, 0.2) is 0 Å². The van der Waals surface area contributed by atoms with Crippen LogP contribution in [0, 0.1) is 0 Å². The number of rotatable bonds is 1. The van der Waals surface area contributed by atoms with Gasteiger partial charge in [-0.2, -0.15) is 0 Å². The molecule has 0 atom stereocenters. The van der Waals surface area contributed by atoms with E-state index in [0.29, 0.717) is 4.88 Å². The number of hydrogen-bond donors (Lipinski definition) is 1. The molecule has 1 N–H and O–H groups in total. The van der Waals surface area contributed by atoms with Gasteiger partial charge < -0.3 is 10.1 Å². The third-order valence-corrected chi connectivity index (χ3v) is 3.04. The summed E-state index contributed by atoms with van der Waals surface area (Å²) >= 11 is 1.52. The van der Waals surface area contributed by atoms with Crippen LogP contribution in [0.2, 0.25) is 0 Å². The quantitative estimate of drug-likeness (QED) is 0.663. The van der Waals surface area contributed by atoms with Crippen LogP contribution in [0.15, 0.2) is 6.07 Å². The fourth-order valence-electron chi connectivity index (χ4n) is 1.28. The Kier molecular flexibility index (Phi) is 1.86. The zero-order valence-corrected chi connectivity index (χ0v) is 7.53. The van der Waals surface area contributed by atoms with Crippen LogP contribution in [0.1, 0.15) is 20.1 Å². The van der Waals surface area contributed by atoms with Crippen molar-refractivity contribution < 1.29 is 9.53 Å². The number of hydrogen-bond acceptors (Lipinski definition) is 4. The monoisotopic (exact) mass is 183 g/mol. The molecule has 1 aliphatic heterocycles. The minimum atomic E-state index is -0.227. The number of fused-ring (bicyclic) bond motifs is 1. The fraction of sp³-hybridized carbons (Fsp3) is 0.375. The highest BCUT2D eigenvalue weighted by Gasteiger charge is 2.17. The van der Waals surface area contributed by atoms with Crippen molar-refractivity contribution in [2.75, 3.05) is 7.11 Å². The summed E-state index contributed by atoms with van der Waals surface area (Å²) in [5, 5.41) is 3.21. The van der Waals surface area contributed by atoms with Crippen LogP contribution in [0.5, 0.6) is 0 Å². The van der Waals surface area contributed by atoms with Gasteiger partial charge in [-0.1, -0.05) is 0 Å². The second-order valence-electron chi connectivity index (χ2n) is 2.65. The maximum absolute atomic E-state index is 11.1. The third kappa shape index (κ3) is 1.13. The van der Waals surface area contributed by atoms with Gasteiger partial charge >= 0.3 is 5.97 Å². The molecule has 1 aliphatic rings. The Morgan fingerprint density at radius 1 is 1.67 bits per heavy atom. The molecule has 0 amide bonds. The van der Waals surface area contributed by atoms with Crippen molar-refractivity contribution in [1.82, 2.24) is 5.32 Å². The molecule has 64 valence electrons. The number of carbonyl (C=O) groups excluding carboxylic acids is 1. The maximum Gasteiger partial charge on any atom is 0.348 e. The van der Waals surface area contributed by atoms with E-state index in [2.05, 4.69) is 10.1 Å². The number of carbonyl (C=O) groups is 1. The average Bonchev–Trinajstić information content (AvgIpc) is 2.60. The van der Waals surface area contributed by atoms with Crippen LogP contribution < -0.4 is 5.32 Å². The first-order valence-electron chi connectivity index (χ1n) is 3.72. The Hall–Kier alpha value is -0.870. The molecule has 0 aliphatic carbocycles. The molecular weight excluding hydrogens is 174 g/mol. The number of ether oxygens (including phenoxy) is 1. The second-order valence-corrected chi connectivity index (χ2v) is 3.79. The van der Waals surface area contributed by atoms with Gasteiger partial charge in [0.2, 0.25) is 0 Å². The number of thiophene rings is 1. The second kappa shape index (κ2) is 2.88. The minimum absolute atomic E-state index is 0.227. The van der Waals surface area contributed by atoms with Crippen molar-refractivity contribution in [3.8, 4) is 0 Å². The van der Waals surface area contributed by atoms with Crippen molar-refractivity contribution in [2.24, 2.45) is 0 Å². The molecule has 1 aromatic rings. The number of nitrogens with one attached hydrogen (secondary N) is 1. The van der Waals surface area contributed by atoms with E-state index in [4.69, 9.17) is 0 Å². The van der Waals surface area contributed by atoms with Crippen LogP contribution in [-0.2, 0) is 17.8 Å². The van der Waals surface area contributed by atoms with E-state index in [-0.39, 0.29) is 5.97 Å². The summed E-state index contributed by atoms with van der Waals surface area (Å²) in [5.41, 5.74) is 1.24. The van der Waals surface area contributed by atoms with Crippen molar-refractivity contribution in [1.29, 1.82) is 0 Å². The molecule has 2 heterocycles. The van der Waals surface area contributed by atoms with Crippen LogP contribution >= 0.6 is 11.3 Å². The van der Waals surface area contributed by atoms with Crippen LogP contribution in [-0.4, -0.2) is 13.1 Å². The molecule has 0 saturated carbocycles. The minimum Gasteiger partial charge on any atom is -0.465 e. The summed E-state index contributed by atoms with van der Waals surface area (Å²) in [6.45, 7) is 1.76. The Morgan fingerprint density at radius 3 is 3.17 bits per heavy atom. The summed E-state index contributed by atoms with van der Waals surface area (Å²) in [7, 11) is 1.41. The molecule has 0 saturated heterocycles. The largest absolute Gasteiger partial charge is 0.465 e. The van der Waals surface area contributed by atoms with Gasteiger partial charge in [0.1, 0.15) is 4.88 Å². The Labute approximate surface area is 74.4 Å². The molecule has 12 heavy (non-hydrogen) atoms. The molecule has 0 bridgehead atoms. The lowest BCUT2D eigenvalue weighted by Crippen LogP contribution is -2.02. The predicted molar refractivity (Wildman–Crippen MR) is 46.2 cm³/mol. The average molecular weight is 183 g/mol. The highest BCUT2D eigenvalue weighted by Crippen LogP contribution is 2.26. The first-order valence-corrected chi connectivity index (χ1v) is 4.53. The normalized spacial score (nSPS) is 14.4. The van der Waals surface area contributed by atoms with Gasteiger partial charge in [0.05, 0.1) is 7.11 Å². The fourth-order valence-corrected chi connectivity index (χ4v) is 2.35. The lowest BCUT2D eigenvalue weighted by molar-refractivity contribution is 0.0606. The van der Waals surface area contributed by atoms with Crippen LogP contribution in [0.25, 0.3) is 0 Å². The van der Waals surface area contributed by atoms with E-state index in [1.54, 1.807) is 0 Å². The van der Waals surface area contributed by atoms with E-state index >= 15 is 0 Å². The smallest absolute Gasteiger partial charge is 0.348 e. The molecular formula is C8H9NO2S. The SMILES string of the molecule is COC(=O)c1cc2c(s1)CNC2. The first-order chi connectivity index (χ1) is 5.81. The summed E-state index contributed by atoms with van der Waals surface area (Å²) in [6, 6.07) is 1.91. The Balaban J connectivity index is 2.31. The standard InChI is InChI=1S/C8H9NO2S/c1-11-8(10)6-2-5-3-9-4-7(5)12-6/h2,9H,3-4H2,1H3. The topological polar surface area (TPSA) is 38.3 Å². The van der Waals surface area contributed by atoms with Crippen molar-refractivity contribution in [3.63, 3.8) is 0 Å². The van der Waals surface area contributed by atoms with Crippen molar-refractivity contribution in [3.05, 3.63) is 21.4 Å². The highest BCUT2D eigenvalue weighted by molar-refractivity contribution is 7.14. The lowest BCUT2D eigenvalue weighted by Gasteiger charge is -1.93. The molecule has 0 aromatic carbocycles. The molecule has 2 rings (SSSR count). The van der Waals surface area contributed by atoms with Gasteiger partial charge in [0, 0.05) is 18.0 Å². The molecule has 0 fully saturated rings. The summed E-state index contributed by atoms with van der Waals surface area (Å²) in [4.78, 5) is 13.1. The molecule has 0 unspecified atom stereocenters. The third-order valence-electron chi connectivity index (χ3n) is 1.88. The Morgan fingerprint density at radius 2 is 2.50 bits per heavy atom. The zero-order chi connectivity index (χ0) is 8.55. The molecule has 4 heteroatoms. The zero-order valence-electron chi connectivity index (χ0n) is 6.72. The maximum atomic E-state index is 11.1. The summed E-state index contributed by atoms with van der Waals surface area (Å²) in [6.07, 6.45) is 0. The van der Waals surface area contributed by atoms with E-state index in [1.165, 1.54) is 28.9 Å². The van der Waals surface area contributed by atoms with E-state index in [9.17, 15) is 4.79 Å². The summed E-state index contributed by atoms with van der Waals surface area (Å²) in [5.74, 6) is -0.227. The van der Waals surface area contributed by atoms with Gasteiger partial charge in [-0.25, -0.2) is 4.79 Å². The molecule has 1 aromatic heterocycles. The van der Waals surface area contributed by atoms with Crippen molar-refractivity contribution in [2.45, 2.75) is 13.1 Å². The highest BCUT2D eigenvalue weighted by atomic mass is 32.1. The first kappa shape index (κ1) is 7.76. The van der Waals surface area contributed by atoms with E-state index in [0.717, 1.165) is 13.1 Å².